The molecule has 1 fully saturated rings. The van der Waals surface area contributed by atoms with Crippen molar-refractivity contribution >= 4 is 15.7 Å². The van der Waals surface area contributed by atoms with E-state index in [9.17, 15) is 13.2 Å². The van der Waals surface area contributed by atoms with Gasteiger partial charge in [-0.05, 0) is 36.5 Å². The highest BCUT2D eigenvalue weighted by Crippen LogP contribution is 2.23. The van der Waals surface area contributed by atoms with E-state index in [0.717, 1.165) is 17.5 Å². The van der Waals surface area contributed by atoms with Crippen LogP contribution in [0.5, 0.6) is 0 Å². The molecule has 1 amide bonds. The fourth-order valence-corrected chi connectivity index (χ4v) is 5.30. The Kier molecular flexibility index (Phi) is 5.77. The van der Waals surface area contributed by atoms with Gasteiger partial charge in [-0.3, -0.25) is 4.79 Å². The number of hydrogen-bond donors (Lipinski definition) is 0. The average molecular weight is 372 g/mol. The van der Waals surface area contributed by atoms with E-state index in [1.54, 1.807) is 4.90 Å². The van der Waals surface area contributed by atoms with Gasteiger partial charge in [0.25, 0.3) is 5.91 Å². The van der Waals surface area contributed by atoms with Crippen molar-refractivity contribution in [2.24, 2.45) is 0 Å². The number of hydrogen-bond acceptors (Lipinski definition) is 3. The lowest BCUT2D eigenvalue weighted by Crippen LogP contribution is -2.42. The van der Waals surface area contributed by atoms with Crippen LogP contribution in [0.2, 0.25) is 0 Å². The molecular formula is C21H25NO3S. The van der Waals surface area contributed by atoms with Crippen molar-refractivity contribution in [2.75, 3.05) is 18.1 Å². The van der Waals surface area contributed by atoms with Crippen molar-refractivity contribution in [1.29, 1.82) is 0 Å². The van der Waals surface area contributed by atoms with Crippen LogP contribution in [0, 0.1) is 0 Å². The third kappa shape index (κ3) is 4.33. The Morgan fingerprint density at radius 2 is 1.77 bits per heavy atom. The maximum Gasteiger partial charge on any atom is 0.254 e. The minimum absolute atomic E-state index is 0.0551. The second-order valence-electron chi connectivity index (χ2n) is 6.87. The first kappa shape index (κ1) is 18.6. The summed E-state index contributed by atoms with van der Waals surface area (Å²) in [6.45, 7) is 2.60. The minimum atomic E-state index is -3.03. The summed E-state index contributed by atoms with van der Waals surface area (Å²) in [4.78, 5) is 15.0. The van der Waals surface area contributed by atoms with Crippen LogP contribution in [0.25, 0.3) is 0 Å². The van der Waals surface area contributed by atoms with Crippen LogP contribution in [0.1, 0.15) is 41.3 Å². The molecule has 1 aliphatic rings. The maximum absolute atomic E-state index is 13.3. The number of benzene rings is 2. The lowest BCUT2D eigenvalue weighted by atomic mass is 9.98. The second kappa shape index (κ2) is 8.04. The average Bonchev–Trinajstić information content (AvgIpc) is 3.00. The molecule has 0 saturated carbocycles. The highest BCUT2D eigenvalue weighted by Gasteiger charge is 2.35. The molecule has 26 heavy (non-hydrogen) atoms. The summed E-state index contributed by atoms with van der Waals surface area (Å²) in [5, 5.41) is 0. The zero-order chi connectivity index (χ0) is 18.6. The Balaban J connectivity index is 1.88. The summed E-state index contributed by atoms with van der Waals surface area (Å²) in [5.74, 6) is 0.205. The molecule has 1 aliphatic heterocycles. The Morgan fingerprint density at radius 1 is 1.08 bits per heavy atom. The van der Waals surface area contributed by atoms with Gasteiger partial charge in [-0.15, -0.1) is 0 Å². The van der Waals surface area contributed by atoms with Crippen LogP contribution in [-0.2, 0) is 16.3 Å². The molecule has 138 valence electrons. The van der Waals surface area contributed by atoms with Crippen molar-refractivity contribution in [3.63, 3.8) is 0 Å². The Morgan fingerprint density at radius 3 is 2.42 bits per heavy atom. The fraction of sp³-hybridized carbons (Fsp3) is 0.381. The molecule has 0 spiro atoms. The van der Waals surface area contributed by atoms with Crippen molar-refractivity contribution in [2.45, 2.75) is 32.2 Å². The molecule has 0 bridgehead atoms. The molecule has 2 aromatic carbocycles. The predicted molar refractivity (Wildman–Crippen MR) is 104 cm³/mol. The Labute approximate surface area is 155 Å². The standard InChI is InChI=1S/C21H25NO3S/c1-2-13-22(19-12-14-26(24,25)16-19)21(23)20-11-7-6-10-18(20)15-17-8-4-3-5-9-17/h3-11,19H,2,12-16H2,1H3/t19-/m0/s1. The minimum Gasteiger partial charge on any atom is -0.335 e. The smallest absolute Gasteiger partial charge is 0.254 e. The lowest BCUT2D eigenvalue weighted by molar-refractivity contribution is 0.0696. The van der Waals surface area contributed by atoms with Gasteiger partial charge < -0.3 is 4.90 Å². The highest BCUT2D eigenvalue weighted by atomic mass is 32.2. The second-order valence-corrected chi connectivity index (χ2v) is 9.10. The molecule has 3 rings (SSSR count). The summed E-state index contributed by atoms with van der Waals surface area (Å²) >= 11 is 0. The van der Waals surface area contributed by atoms with Gasteiger partial charge in [-0.1, -0.05) is 55.5 Å². The number of carbonyl (C=O) groups excluding carboxylic acids is 1. The number of nitrogens with zero attached hydrogens (tertiary/aromatic N) is 1. The van der Waals surface area contributed by atoms with Gasteiger partial charge in [-0.2, -0.15) is 0 Å². The normalized spacial score (nSPS) is 18.6. The van der Waals surface area contributed by atoms with E-state index in [-0.39, 0.29) is 23.5 Å². The number of rotatable bonds is 6. The summed E-state index contributed by atoms with van der Waals surface area (Å²) in [7, 11) is -3.03. The molecule has 0 aliphatic carbocycles. The van der Waals surface area contributed by atoms with E-state index in [1.807, 2.05) is 49.4 Å². The van der Waals surface area contributed by atoms with Crippen molar-refractivity contribution in [3.05, 3.63) is 71.3 Å². The lowest BCUT2D eigenvalue weighted by Gasteiger charge is -2.29. The molecule has 1 atom stereocenters. The zero-order valence-electron chi connectivity index (χ0n) is 15.1. The molecule has 4 nitrogen and oxygen atoms in total. The first-order valence-corrected chi connectivity index (χ1v) is 11.0. The van der Waals surface area contributed by atoms with Gasteiger partial charge in [0.15, 0.2) is 9.84 Å². The van der Waals surface area contributed by atoms with Crippen LogP contribution in [0.4, 0.5) is 0 Å². The third-order valence-corrected chi connectivity index (χ3v) is 6.61. The molecule has 1 saturated heterocycles. The number of amides is 1. The monoisotopic (exact) mass is 371 g/mol. The third-order valence-electron chi connectivity index (χ3n) is 4.86. The topological polar surface area (TPSA) is 54.5 Å². The van der Waals surface area contributed by atoms with Crippen LogP contribution in [0.3, 0.4) is 0 Å². The van der Waals surface area contributed by atoms with Crippen molar-refractivity contribution < 1.29 is 13.2 Å². The van der Waals surface area contributed by atoms with E-state index in [1.165, 1.54) is 0 Å². The zero-order valence-corrected chi connectivity index (χ0v) is 15.9. The first-order chi connectivity index (χ1) is 12.5. The van der Waals surface area contributed by atoms with Gasteiger partial charge >= 0.3 is 0 Å². The van der Waals surface area contributed by atoms with Gasteiger partial charge in [0.1, 0.15) is 0 Å². The van der Waals surface area contributed by atoms with E-state index in [2.05, 4.69) is 12.1 Å². The molecule has 2 aromatic rings. The molecule has 0 aromatic heterocycles. The van der Waals surface area contributed by atoms with Gasteiger partial charge in [-0.25, -0.2) is 8.42 Å². The van der Waals surface area contributed by atoms with Gasteiger partial charge in [0.05, 0.1) is 11.5 Å². The van der Waals surface area contributed by atoms with E-state index < -0.39 is 9.84 Å². The van der Waals surface area contributed by atoms with E-state index >= 15 is 0 Å². The fourth-order valence-electron chi connectivity index (χ4n) is 3.57. The molecular weight excluding hydrogens is 346 g/mol. The predicted octanol–water partition coefficient (Wildman–Crippen LogP) is 3.32. The van der Waals surface area contributed by atoms with Gasteiger partial charge in [0.2, 0.25) is 0 Å². The molecule has 0 radical (unpaired) electrons. The Hall–Kier alpha value is -2.14. The van der Waals surface area contributed by atoms with E-state index in [4.69, 9.17) is 0 Å². The molecule has 0 unspecified atom stereocenters. The molecule has 1 heterocycles. The van der Waals surface area contributed by atoms with Gasteiger partial charge in [0, 0.05) is 18.2 Å². The van der Waals surface area contributed by atoms with Crippen LogP contribution >= 0.6 is 0 Å². The van der Waals surface area contributed by atoms with Crippen molar-refractivity contribution in [3.8, 4) is 0 Å². The maximum atomic E-state index is 13.3. The van der Waals surface area contributed by atoms with E-state index in [0.29, 0.717) is 24.9 Å². The summed E-state index contributed by atoms with van der Waals surface area (Å²) in [6.07, 6.45) is 2.03. The molecule has 5 heteroatoms. The highest BCUT2D eigenvalue weighted by molar-refractivity contribution is 7.91. The first-order valence-electron chi connectivity index (χ1n) is 9.13. The molecule has 0 N–H and O–H groups in total. The summed E-state index contributed by atoms with van der Waals surface area (Å²) < 4.78 is 23.8. The quantitative estimate of drug-likeness (QED) is 0.783. The largest absolute Gasteiger partial charge is 0.335 e. The number of sulfone groups is 1. The van der Waals surface area contributed by atoms with Crippen LogP contribution in [0.15, 0.2) is 54.6 Å². The summed E-state index contributed by atoms with van der Waals surface area (Å²) in [5.41, 5.74) is 2.80. The number of carbonyl (C=O) groups is 1. The van der Waals surface area contributed by atoms with Crippen LogP contribution < -0.4 is 0 Å². The van der Waals surface area contributed by atoms with Crippen LogP contribution in [-0.4, -0.2) is 43.3 Å². The Bertz CT molecular complexity index is 862. The SMILES string of the molecule is CCCN(C(=O)c1ccccc1Cc1ccccc1)[C@H]1CCS(=O)(=O)C1. The van der Waals surface area contributed by atoms with Crippen molar-refractivity contribution in [1.82, 2.24) is 4.90 Å². The summed E-state index contributed by atoms with van der Waals surface area (Å²) in [6, 6.07) is 17.5.